The summed E-state index contributed by atoms with van der Waals surface area (Å²) in [7, 11) is 1.51. The monoisotopic (exact) mass is 983 g/mol. The van der Waals surface area contributed by atoms with Crippen molar-refractivity contribution in [2.75, 3.05) is 89.1 Å². The van der Waals surface area contributed by atoms with Crippen LogP contribution < -0.4 is 24.6 Å². The fraction of sp³-hybridized carbons (Fsp3) is 0.580. The third kappa shape index (κ3) is 16.0. The number of anilines is 2. The number of hydrogen-bond acceptors (Lipinski definition) is 14. The highest BCUT2D eigenvalue weighted by Crippen LogP contribution is 2.47. The van der Waals surface area contributed by atoms with Gasteiger partial charge in [-0.2, -0.15) is 13.2 Å². The molecule has 4 fully saturated rings. The molecule has 384 valence electrons. The van der Waals surface area contributed by atoms with Crippen LogP contribution in [0.2, 0.25) is 0 Å². The van der Waals surface area contributed by atoms with Gasteiger partial charge in [-0.25, -0.2) is 14.8 Å². The Morgan fingerprint density at radius 1 is 0.900 bits per heavy atom. The number of likely N-dealkylation sites (tertiary alicyclic amines) is 1. The number of aliphatic hydroxyl groups is 2. The molecule has 0 bridgehead atoms. The fourth-order valence-electron chi connectivity index (χ4n) is 8.97. The highest BCUT2D eigenvalue weighted by molar-refractivity contribution is 5.98. The molecule has 4 aromatic rings. The number of amides is 3. The molecule has 2 aromatic carbocycles. The summed E-state index contributed by atoms with van der Waals surface area (Å²) >= 11 is 0. The van der Waals surface area contributed by atoms with Gasteiger partial charge in [-0.1, -0.05) is 32.8 Å². The number of fused-ring (bicyclic) bond motifs is 1. The van der Waals surface area contributed by atoms with Crippen molar-refractivity contribution in [3.05, 3.63) is 73.2 Å². The van der Waals surface area contributed by atoms with E-state index in [2.05, 4.69) is 30.1 Å². The van der Waals surface area contributed by atoms with Crippen molar-refractivity contribution in [1.82, 2.24) is 30.1 Å². The predicted molar refractivity (Wildman–Crippen MR) is 258 cm³/mol. The molecule has 3 amide bonds. The van der Waals surface area contributed by atoms with Crippen LogP contribution in [-0.4, -0.2) is 163 Å². The summed E-state index contributed by atoms with van der Waals surface area (Å²) in [6.45, 7) is 10.8. The number of carbonyl (C=O) groups is 3. The van der Waals surface area contributed by atoms with Crippen LogP contribution in [0.5, 0.6) is 11.5 Å². The molecule has 8 rings (SSSR count). The van der Waals surface area contributed by atoms with Crippen molar-refractivity contribution in [2.24, 2.45) is 5.41 Å². The van der Waals surface area contributed by atoms with Gasteiger partial charge in [-0.3, -0.25) is 24.3 Å². The second-order valence-corrected chi connectivity index (χ2v) is 18.6. The Morgan fingerprint density at radius 3 is 2.24 bits per heavy atom. The minimum Gasteiger partial charge on any atom is -0.493 e. The number of piperazine rings is 1. The van der Waals surface area contributed by atoms with Crippen LogP contribution in [0.1, 0.15) is 71.6 Å². The minimum atomic E-state index is -4.65. The smallest absolute Gasteiger partial charge is 0.414 e. The van der Waals surface area contributed by atoms with Crippen LogP contribution in [0.15, 0.2) is 73.2 Å². The normalized spacial score (nSPS) is 19.2. The van der Waals surface area contributed by atoms with E-state index in [-0.39, 0.29) is 29.9 Å². The molecule has 5 heterocycles. The van der Waals surface area contributed by atoms with Crippen LogP contribution in [0.4, 0.5) is 29.6 Å². The highest BCUT2D eigenvalue weighted by atomic mass is 19.4. The number of ether oxygens (including phenoxy) is 4. The van der Waals surface area contributed by atoms with E-state index in [1.807, 2.05) is 50.4 Å². The van der Waals surface area contributed by atoms with Crippen LogP contribution in [0, 0.1) is 5.41 Å². The van der Waals surface area contributed by atoms with Gasteiger partial charge in [0.25, 0.3) is 0 Å². The highest BCUT2D eigenvalue weighted by Gasteiger charge is 2.45. The van der Waals surface area contributed by atoms with Gasteiger partial charge in [0.15, 0.2) is 6.10 Å². The number of aliphatic hydroxyl groups excluding tert-OH is 2. The number of piperidine rings is 1. The van der Waals surface area contributed by atoms with Crippen LogP contribution in [-0.2, 0) is 19.1 Å². The van der Waals surface area contributed by atoms with Gasteiger partial charge < -0.3 is 44.4 Å². The van der Waals surface area contributed by atoms with Gasteiger partial charge >= 0.3 is 12.3 Å². The van der Waals surface area contributed by atoms with Crippen LogP contribution in [0.25, 0.3) is 10.9 Å². The van der Waals surface area contributed by atoms with Crippen molar-refractivity contribution in [2.45, 2.75) is 102 Å². The fourth-order valence-corrected chi connectivity index (χ4v) is 8.97. The quantitative estimate of drug-likeness (QED) is 0.0600. The van der Waals surface area contributed by atoms with E-state index in [1.165, 1.54) is 41.9 Å². The summed E-state index contributed by atoms with van der Waals surface area (Å²) in [5.74, 6) is 2.08. The average Bonchev–Trinajstić information content (AvgIpc) is 4.11. The molecule has 1 spiro atoms. The number of nitrogens with one attached hydrogen (secondary N) is 2. The predicted octanol–water partition coefficient (Wildman–Crippen LogP) is 6.34. The summed E-state index contributed by atoms with van der Waals surface area (Å²) in [6.07, 6.45) is 4.04. The standard InChI is InChI=1S/C21H31N5O2.C15H18F3NO5.C14H20N2O2/c27-18-16-21(6-1-2-7-21)17-19(28)26(18)11-4-3-10-24-12-14-25(15-13-24)20-22-8-5-9-23-20;1-22-9-12-8-19(14(21)24-12)10-2-4-11(5-3-10)23-7-6-13(20)15(16,17)18;1-10(2)16-8-11(17)9-18-14-5-3-4-13-12(14)6-7-15-13/h5,8-9H,1-4,6-7,10-17H2;2-5,12-13,20H,6-9H2,1H3;3-7,10-11,15-17H,8-9H2,1-2H3/t;12-,13-;/m.1./s1. The van der Waals surface area contributed by atoms with E-state index in [0.717, 1.165) is 81.0 Å². The van der Waals surface area contributed by atoms with Crippen LogP contribution in [0.3, 0.4) is 0 Å². The number of H-pyrrole nitrogens is 1. The number of hydrogen-bond donors (Lipinski definition) is 4. The molecule has 1 saturated carbocycles. The van der Waals surface area contributed by atoms with Crippen molar-refractivity contribution in [1.29, 1.82) is 0 Å². The number of carbonyl (C=O) groups excluding carboxylic acids is 3. The molecule has 1 unspecified atom stereocenters. The van der Waals surface area contributed by atoms with E-state index in [0.29, 0.717) is 63.2 Å². The first-order chi connectivity index (χ1) is 33.6. The van der Waals surface area contributed by atoms with Gasteiger partial charge in [0.2, 0.25) is 17.8 Å². The Labute approximate surface area is 407 Å². The van der Waals surface area contributed by atoms with E-state index in [4.69, 9.17) is 24.1 Å². The third-order valence-corrected chi connectivity index (χ3v) is 12.8. The summed E-state index contributed by atoms with van der Waals surface area (Å²) in [6, 6.07) is 16.3. The van der Waals surface area contributed by atoms with Crippen molar-refractivity contribution in [3.8, 4) is 11.5 Å². The number of rotatable bonds is 19. The molecule has 70 heavy (non-hydrogen) atoms. The number of methoxy groups -OCH3 is 1. The molecule has 4 aliphatic rings. The number of imide groups is 1. The van der Waals surface area contributed by atoms with E-state index >= 15 is 0 Å². The lowest BCUT2D eigenvalue weighted by Gasteiger charge is -2.37. The Morgan fingerprint density at radius 2 is 1.59 bits per heavy atom. The molecule has 3 atom stereocenters. The number of halogens is 3. The van der Waals surface area contributed by atoms with Gasteiger partial charge in [-0.15, -0.1) is 0 Å². The molecule has 4 N–H and O–H groups in total. The lowest BCUT2D eigenvalue weighted by molar-refractivity contribution is -0.206. The molecule has 17 nitrogen and oxygen atoms in total. The largest absolute Gasteiger partial charge is 0.493 e. The zero-order valence-corrected chi connectivity index (χ0v) is 40.4. The number of aromatic amines is 1. The van der Waals surface area contributed by atoms with Crippen molar-refractivity contribution >= 4 is 40.4 Å². The lowest BCUT2D eigenvalue weighted by atomic mass is 9.76. The first-order valence-electron chi connectivity index (χ1n) is 24.3. The molecule has 1 aliphatic carbocycles. The molecular formula is C50H69F3N8O9. The molecule has 0 radical (unpaired) electrons. The first-order valence-corrected chi connectivity index (χ1v) is 24.3. The molecular weight excluding hydrogens is 914 g/mol. The van der Waals surface area contributed by atoms with E-state index in [9.17, 15) is 32.7 Å². The second-order valence-electron chi connectivity index (χ2n) is 18.6. The number of alkyl halides is 3. The number of benzene rings is 2. The average molecular weight is 983 g/mol. The molecule has 3 saturated heterocycles. The summed E-state index contributed by atoms with van der Waals surface area (Å²) in [5.41, 5.74) is 1.64. The zero-order valence-electron chi connectivity index (χ0n) is 40.4. The maximum absolute atomic E-state index is 12.5. The van der Waals surface area contributed by atoms with Gasteiger partial charge in [0, 0.05) is 107 Å². The second kappa shape index (κ2) is 26.1. The van der Waals surface area contributed by atoms with E-state index in [1.54, 1.807) is 24.5 Å². The SMILES string of the molecule is CC(C)NCC(O)COc1cccc2[nH]ccc12.COC[C@H]1CN(c2ccc(OCC[C@@H](O)C(F)(F)F)cc2)C(=O)O1.O=C1CC2(CCCC2)CC(=O)N1CCCCN1CCN(c2ncccn2)CC1. The number of unbranched alkanes of at least 4 members (excludes halogenated alkanes) is 1. The Bertz CT molecular complexity index is 2200. The summed E-state index contributed by atoms with van der Waals surface area (Å²) < 4.78 is 57.4. The van der Waals surface area contributed by atoms with Crippen molar-refractivity contribution in [3.63, 3.8) is 0 Å². The summed E-state index contributed by atoms with van der Waals surface area (Å²) in [5, 5.41) is 22.9. The Hall–Kier alpha value is -5.54. The number of nitrogens with zero attached hydrogens (tertiary/aromatic N) is 6. The summed E-state index contributed by atoms with van der Waals surface area (Å²) in [4.78, 5) is 56.2. The van der Waals surface area contributed by atoms with Gasteiger partial charge in [-0.05, 0) is 86.2 Å². The number of cyclic esters (lactones) is 1. The molecule has 3 aliphatic heterocycles. The van der Waals surface area contributed by atoms with Crippen molar-refractivity contribution < 1.29 is 56.7 Å². The minimum absolute atomic E-state index is 0.00676. The number of aromatic nitrogens is 3. The Balaban J connectivity index is 0.000000176. The molecule has 2 aromatic heterocycles. The van der Waals surface area contributed by atoms with Crippen LogP contribution >= 0.6 is 0 Å². The maximum Gasteiger partial charge on any atom is 0.414 e. The Kier molecular flexibility index (Phi) is 20.0. The topological polar surface area (TPSA) is 195 Å². The van der Waals surface area contributed by atoms with Gasteiger partial charge in [0.05, 0.1) is 19.8 Å². The zero-order chi connectivity index (χ0) is 50.1. The maximum atomic E-state index is 12.5. The molecule has 20 heteroatoms. The first kappa shape index (κ1) is 53.8. The lowest BCUT2D eigenvalue weighted by Crippen LogP contribution is -2.48. The van der Waals surface area contributed by atoms with E-state index < -0.39 is 30.9 Å². The third-order valence-electron chi connectivity index (χ3n) is 12.8. The van der Waals surface area contributed by atoms with Gasteiger partial charge in [0.1, 0.15) is 30.3 Å².